The first kappa shape index (κ1) is 13.7. The van der Waals surface area contributed by atoms with Crippen LogP contribution in [-0.4, -0.2) is 41.1 Å². The molecule has 6 nitrogen and oxygen atoms in total. The Kier molecular flexibility index (Phi) is 3.96. The minimum absolute atomic E-state index is 0.258. The maximum absolute atomic E-state index is 13.4. The van der Waals surface area contributed by atoms with E-state index in [9.17, 15) is 19.6 Å². The number of halogens is 1. The number of hydrogen-bond acceptors (Lipinski definition) is 5. The third kappa shape index (κ3) is 2.82. The molecule has 1 fully saturated rings. The molecule has 1 atom stereocenters. The van der Waals surface area contributed by atoms with Crippen molar-refractivity contribution in [2.75, 3.05) is 26.2 Å². The second-order valence-corrected chi connectivity index (χ2v) is 4.58. The molecule has 0 aliphatic carbocycles. The lowest BCUT2D eigenvalue weighted by Crippen LogP contribution is -2.44. The third-order valence-corrected chi connectivity index (χ3v) is 3.43. The lowest BCUT2D eigenvalue weighted by atomic mass is 10.0. The first-order chi connectivity index (χ1) is 9.00. The summed E-state index contributed by atoms with van der Waals surface area (Å²) >= 11 is 0. The van der Waals surface area contributed by atoms with Gasteiger partial charge in [-0.05, 0) is 13.0 Å². The van der Waals surface area contributed by atoms with Crippen molar-refractivity contribution in [1.82, 2.24) is 10.2 Å². The van der Waals surface area contributed by atoms with Crippen LogP contribution >= 0.6 is 0 Å². The van der Waals surface area contributed by atoms with Gasteiger partial charge in [0.05, 0.1) is 11.0 Å². The number of phenolic OH excluding ortho intramolecular Hbond substituents is 1. The van der Waals surface area contributed by atoms with E-state index in [1.54, 1.807) is 0 Å². The molecule has 1 heterocycles. The molecule has 2 rings (SSSR count). The van der Waals surface area contributed by atoms with Crippen LogP contribution in [0.5, 0.6) is 5.75 Å². The van der Waals surface area contributed by atoms with E-state index in [0.29, 0.717) is 0 Å². The summed E-state index contributed by atoms with van der Waals surface area (Å²) in [6.45, 7) is 4.93. The minimum Gasteiger partial charge on any atom is -0.502 e. The molecule has 19 heavy (non-hydrogen) atoms. The molecule has 2 N–H and O–H groups in total. The van der Waals surface area contributed by atoms with Crippen molar-refractivity contribution in [2.24, 2.45) is 0 Å². The van der Waals surface area contributed by atoms with Gasteiger partial charge in [0, 0.05) is 37.8 Å². The minimum atomic E-state index is -0.771. The van der Waals surface area contributed by atoms with Crippen LogP contribution in [-0.2, 0) is 0 Å². The number of nitrogens with zero attached hydrogens (tertiary/aromatic N) is 2. The fourth-order valence-corrected chi connectivity index (χ4v) is 2.33. The summed E-state index contributed by atoms with van der Waals surface area (Å²) in [6.07, 6.45) is 0. The fourth-order valence-electron chi connectivity index (χ4n) is 2.33. The lowest BCUT2D eigenvalue weighted by Gasteiger charge is -2.33. The maximum Gasteiger partial charge on any atom is 0.313 e. The number of aromatic hydroxyl groups is 1. The van der Waals surface area contributed by atoms with Gasteiger partial charge >= 0.3 is 5.69 Å². The molecular weight excluding hydrogens is 253 g/mol. The molecule has 0 amide bonds. The van der Waals surface area contributed by atoms with Gasteiger partial charge in [-0.15, -0.1) is 0 Å². The van der Waals surface area contributed by atoms with Crippen LogP contribution in [0.1, 0.15) is 18.5 Å². The predicted octanol–water partition coefficient (Wildman–Crippen LogP) is 1.41. The number of nitro groups is 1. The van der Waals surface area contributed by atoms with Gasteiger partial charge in [0.15, 0.2) is 5.75 Å². The van der Waals surface area contributed by atoms with Crippen LogP contribution < -0.4 is 5.32 Å². The number of rotatable bonds is 3. The Balaban J connectivity index is 2.35. The molecule has 1 saturated heterocycles. The summed E-state index contributed by atoms with van der Waals surface area (Å²) in [7, 11) is 0. The van der Waals surface area contributed by atoms with Crippen LogP contribution in [0, 0.1) is 15.9 Å². The van der Waals surface area contributed by atoms with Gasteiger partial charge in [-0.3, -0.25) is 15.0 Å². The van der Waals surface area contributed by atoms with Crippen LogP contribution in [0.3, 0.4) is 0 Å². The first-order valence-corrected chi connectivity index (χ1v) is 6.12. The van der Waals surface area contributed by atoms with Crippen molar-refractivity contribution >= 4 is 5.69 Å². The zero-order valence-corrected chi connectivity index (χ0v) is 10.6. The van der Waals surface area contributed by atoms with Crippen molar-refractivity contribution in [3.8, 4) is 5.75 Å². The van der Waals surface area contributed by atoms with Crippen molar-refractivity contribution in [3.05, 3.63) is 33.6 Å². The number of benzene rings is 1. The van der Waals surface area contributed by atoms with Crippen molar-refractivity contribution in [1.29, 1.82) is 0 Å². The topological polar surface area (TPSA) is 78.6 Å². The van der Waals surface area contributed by atoms with Gasteiger partial charge in [-0.1, -0.05) is 0 Å². The molecule has 1 aromatic carbocycles. The summed E-state index contributed by atoms with van der Waals surface area (Å²) in [5.41, 5.74) is -0.328. The van der Waals surface area contributed by atoms with E-state index in [1.807, 2.05) is 6.92 Å². The van der Waals surface area contributed by atoms with E-state index in [4.69, 9.17) is 0 Å². The summed E-state index contributed by atoms with van der Waals surface area (Å²) in [6, 6.07) is 1.63. The average molecular weight is 269 g/mol. The molecule has 0 bridgehead atoms. The molecule has 7 heteroatoms. The summed E-state index contributed by atoms with van der Waals surface area (Å²) in [5.74, 6) is -1.15. The monoisotopic (exact) mass is 269 g/mol. The largest absolute Gasteiger partial charge is 0.502 e. The SMILES string of the molecule is C[C@@H](c1cc(F)cc([N+](=O)[O-])c1O)N1CCNCC1. The summed E-state index contributed by atoms with van der Waals surface area (Å²) in [4.78, 5) is 12.1. The van der Waals surface area contributed by atoms with E-state index in [1.165, 1.54) is 0 Å². The molecule has 0 spiro atoms. The normalized spacial score (nSPS) is 18.2. The van der Waals surface area contributed by atoms with Crippen molar-refractivity contribution < 1.29 is 14.4 Å². The average Bonchev–Trinajstić information content (AvgIpc) is 2.41. The Hall–Kier alpha value is -1.73. The Morgan fingerprint density at radius 3 is 2.68 bits per heavy atom. The Morgan fingerprint density at radius 1 is 1.47 bits per heavy atom. The zero-order valence-electron chi connectivity index (χ0n) is 10.6. The second-order valence-electron chi connectivity index (χ2n) is 4.58. The first-order valence-electron chi connectivity index (χ1n) is 6.12. The standard InChI is InChI=1S/C12H16FN3O3/c1-8(15-4-2-14-3-5-15)10-6-9(13)7-11(12(10)17)16(18)19/h6-8,14,17H,2-5H2,1H3/t8-/m0/s1. The van der Waals surface area contributed by atoms with Gasteiger partial charge in [0.1, 0.15) is 5.82 Å². The predicted molar refractivity (Wildman–Crippen MR) is 67.6 cm³/mol. The number of nitro benzene ring substituents is 1. The highest BCUT2D eigenvalue weighted by atomic mass is 19.1. The Bertz CT molecular complexity index is 489. The quantitative estimate of drug-likeness (QED) is 0.640. The number of nitrogens with one attached hydrogen (secondary N) is 1. The Morgan fingerprint density at radius 2 is 2.11 bits per heavy atom. The molecule has 0 radical (unpaired) electrons. The van der Waals surface area contributed by atoms with Gasteiger partial charge in [-0.2, -0.15) is 0 Å². The van der Waals surface area contributed by atoms with E-state index in [2.05, 4.69) is 10.2 Å². The van der Waals surface area contributed by atoms with Crippen molar-refractivity contribution in [2.45, 2.75) is 13.0 Å². The van der Waals surface area contributed by atoms with E-state index >= 15 is 0 Å². The van der Waals surface area contributed by atoms with Crippen molar-refractivity contribution in [3.63, 3.8) is 0 Å². The summed E-state index contributed by atoms with van der Waals surface area (Å²) in [5, 5.41) is 23.9. The second kappa shape index (κ2) is 5.50. The highest BCUT2D eigenvalue weighted by Crippen LogP contribution is 2.36. The summed E-state index contributed by atoms with van der Waals surface area (Å²) < 4.78 is 13.4. The molecule has 0 aromatic heterocycles. The number of phenols is 1. The number of piperazine rings is 1. The molecule has 1 aliphatic rings. The van der Waals surface area contributed by atoms with E-state index in [0.717, 1.165) is 38.3 Å². The molecular formula is C12H16FN3O3. The van der Waals surface area contributed by atoms with Gasteiger partial charge in [0.25, 0.3) is 0 Å². The van der Waals surface area contributed by atoms with Crippen LogP contribution in [0.2, 0.25) is 0 Å². The van der Waals surface area contributed by atoms with Crippen LogP contribution in [0.4, 0.5) is 10.1 Å². The molecule has 0 unspecified atom stereocenters. The highest BCUT2D eigenvalue weighted by molar-refractivity contribution is 5.52. The molecule has 1 aliphatic heterocycles. The van der Waals surface area contributed by atoms with Gasteiger partial charge in [-0.25, -0.2) is 4.39 Å². The smallest absolute Gasteiger partial charge is 0.313 e. The van der Waals surface area contributed by atoms with Gasteiger partial charge in [0.2, 0.25) is 0 Å². The van der Waals surface area contributed by atoms with E-state index < -0.39 is 22.2 Å². The van der Waals surface area contributed by atoms with E-state index in [-0.39, 0.29) is 11.6 Å². The zero-order chi connectivity index (χ0) is 14.0. The molecule has 1 aromatic rings. The van der Waals surface area contributed by atoms with Gasteiger partial charge < -0.3 is 10.4 Å². The lowest BCUT2D eigenvalue weighted by molar-refractivity contribution is -0.386. The van der Waals surface area contributed by atoms with Crippen LogP contribution in [0.25, 0.3) is 0 Å². The number of hydrogen-bond donors (Lipinski definition) is 2. The maximum atomic E-state index is 13.4. The van der Waals surface area contributed by atoms with Crippen LogP contribution in [0.15, 0.2) is 12.1 Å². The fraction of sp³-hybridized carbons (Fsp3) is 0.500. The molecule has 0 saturated carbocycles. The highest BCUT2D eigenvalue weighted by Gasteiger charge is 2.26. The Labute approximate surface area is 110 Å². The molecule has 104 valence electrons. The third-order valence-electron chi connectivity index (χ3n) is 3.43.